The maximum absolute atomic E-state index is 10.7. The molecule has 0 aliphatic carbocycles. The molecule has 0 saturated carbocycles. The van der Waals surface area contributed by atoms with Gasteiger partial charge >= 0.3 is 0 Å². The molecule has 0 radical (unpaired) electrons. The molecule has 1 fully saturated rings. The Hall–Kier alpha value is -2.47. The zero-order valence-electron chi connectivity index (χ0n) is 12.9. The summed E-state index contributed by atoms with van der Waals surface area (Å²) in [5.74, 6) is 0.656. The molecule has 23 heavy (non-hydrogen) atoms. The number of nitro groups is 1. The van der Waals surface area contributed by atoms with E-state index in [1.165, 1.54) is 30.7 Å². The maximum Gasteiger partial charge on any atom is 0.287 e. The highest BCUT2D eigenvalue weighted by atomic mass is 16.6. The second-order valence-electron chi connectivity index (χ2n) is 5.77. The molecule has 6 heteroatoms. The van der Waals surface area contributed by atoms with Crippen LogP contribution in [-0.4, -0.2) is 34.4 Å². The molecule has 6 nitrogen and oxygen atoms in total. The Bertz CT molecular complexity index is 639. The third-order valence-electron chi connectivity index (χ3n) is 4.12. The van der Waals surface area contributed by atoms with Gasteiger partial charge in [-0.15, -0.1) is 0 Å². The Morgan fingerprint density at radius 3 is 2.52 bits per heavy atom. The third kappa shape index (κ3) is 4.04. The SMILES string of the molecule is O=[N+]([O-])c1ccc(N[C@@H](CN2CCCC2)c2ccccc2)nc1. The number of anilines is 1. The molecule has 0 spiro atoms. The van der Waals surface area contributed by atoms with Crippen LogP contribution in [0.5, 0.6) is 0 Å². The molecule has 3 rings (SSSR count). The number of aromatic nitrogens is 1. The largest absolute Gasteiger partial charge is 0.362 e. The van der Waals surface area contributed by atoms with Gasteiger partial charge in [0.05, 0.1) is 11.0 Å². The van der Waals surface area contributed by atoms with Crippen LogP contribution in [0.25, 0.3) is 0 Å². The van der Waals surface area contributed by atoms with Crippen molar-refractivity contribution >= 4 is 11.5 Å². The van der Waals surface area contributed by atoms with Gasteiger partial charge in [0.1, 0.15) is 12.0 Å². The van der Waals surface area contributed by atoms with Crippen LogP contribution in [0.3, 0.4) is 0 Å². The lowest BCUT2D eigenvalue weighted by atomic mass is 10.1. The quantitative estimate of drug-likeness (QED) is 0.655. The van der Waals surface area contributed by atoms with Gasteiger partial charge in [-0.3, -0.25) is 10.1 Å². The predicted octanol–water partition coefficient (Wildman–Crippen LogP) is 3.24. The van der Waals surface area contributed by atoms with Crippen molar-refractivity contribution < 1.29 is 4.92 Å². The highest BCUT2D eigenvalue weighted by Crippen LogP contribution is 2.22. The number of pyridine rings is 1. The Balaban J connectivity index is 1.76. The van der Waals surface area contributed by atoms with Crippen molar-refractivity contribution in [1.82, 2.24) is 9.88 Å². The molecular weight excluding hydrogens is 292 g/mol. The summed E-state index contributed by atoms with van der Waals surface area (Å²) >= 11 is 0. The summed E-state index contributed by atoms with van der Waals surface area (Å²) in [6.07, 6.45) is 3.79. The molecule has 1 saturated heterocycles. The molecule has 2 heterocycles. The zero-order chi connectivity index (χ0) is 16.1. The number of nitrogens with one attached hydrogen (secondary N) is 1. The van der Waals surface area contributed by atoms with Crippen LogP contribution in [0, 0.1) is 10.1 Å². The van der Waals surface area contributed by atoms with Gasteiger partial charge in [0.15, 0.2) is 0 Å². The van der Waals surface area contributed by atoms with E-state index in [0.717, 1.165) is 19.6 Å². The van der Waals surface area contributed by atoms with E-state index in [4.69, 9.17) is 0 Å². The number of nitrogens with zero attached hydrogens (tertiary/aromatic N) is 3. The van der Waals surface area contributed by atoms with Crippen LogP contribution in [0.4, 0.5) is 11.5 Å². The van der Waals surface area contributed by atoms with E-state index in [9.17, 15) is 10.1 Å². The van der Waals surface area contributed by atoms with Crippen molar-refractivity contribution in [2.75, 3.05) is 25.0 Å². The van der Waals surface area contributed by atoms with E-state index in [0.29, 0.717) is 5.82 Å². The number of benzene rings is 1. The Morgan fingerprint density at radius 1 is 1.17 bits per heavy atom. The van der Waals surface area contributed by atoms with Crippen molar-refractivity contribution in [3.8, 4) is 0 Å². The van der Waals surface area contributed by atoms with Crippen LogP contribution in [0.15, 0.2) is 48.7 Å². The maximum atomic E-state index is 10.7. The number of hydrogen-bond acceptors (Lipinski definition) is 5. The molecule has 120 valence electrons. The van der Waals surface area contributed by atoms with Gasteiger partial charge in [0.2, 0.25) is 0 Å². The first-order chi connectivity index (χ1) is 11.2. The standard InChI is InChI=1S/C17H20N4O2/c22-21(23)15-8-9-17(18-12-15)19-16(13-20-10-4-5-11-20)14-6-2-1-3-7-14/h1-3,6-9,12,16H,4-5,10-11,13H2,(H,18,19)/t16-/m0/s1. The van der Waals surface area contributed by atoms with E-state index in [1.807, 2.05) is 18.2 Å². The molecule has 0 amide bonds. The number of hydrogen-bond donors (Lipinski definition) is 1. The van der Waals surface area contributed by atoms with E-state index < -0.39 is 4.92 Å². The van der Waals surface area contributed by atoms with E-state index >= 15 is 0 Å². The Labute approximate surface area is 135 Å². The molecule has 1 aromatic heterocycles. The van der Waals surface area contributed by atoms with Crippen LogP contribution >= 0.6 is 0 Å². The number of likely N-dealkylation sites (tertiary alicyclic amines) is 1. The summed E-state index contributed by atoms with van der Waals surface area (Å²) in [5, 5.41) is 14.1. The van der Waals surface area contributed by atoms with Gasteiger partial charge in [-0.1, -0.05) is 30.3 Å². The molecule has 1 aliphatic rings. The van der Waals surface area contributed by atoms with Crippen molar-refractivity contribution in [2.45, 2.75) is 18.9 Å². The normalized spacial score (nSPS) is 16.2. The van der Waals surface area contributed by atoms with E-state index in [-0.39, 0.29) is 11.7 Å². The van der Waals surface area contributed by atoms with E-state index in [1.54, 1.807) is 6.07 Å². The minimum absolute atomic E-state index is 0.00588. The van der Waals surface area contributed by atoms with Gasteiger partial charge in [-0.05, 0) is 37.6 Å². The van der Waals surface area contributed by atoms with Gasteiger partial charge in [-0.2, -0.15) is 0 Å². The Kier molecular flexibility index (Phi) is 4.83. The highest BCUT2D eigenvalue weighted by Gasteiger charge is 2.19. The lowest BCUT2D eigenvalue weighted by Gasteiger charge is -2.25. The summed E-state index contributed by atoms with van der Waals surface area (Å²) in [4.78, 5) is 16.9. The van der Waals surface area contributed by atoms with Crippen LogP contribution in [0.1, 0.15) is 24.4 Å². The molecule has 1 atom stereocenters. The van der Waals surface area contributed by atoms with Gasteiger partial charge in [0, 0.05) is 12.6 Å². The van der Waals surface area contributed by atoms with Crippen molar-refractivity contribution in [1.29, 1.82) is 0 Å². The van der Waals surface area contributed by atoms with Gasteiger partial charge < -0.3 is 10.2 Å². The molecule has 1 aromatic carbocycles. The fourth-order valence-electron chi connectivity index (χ4n) is 2.90. The van der Waals surface area contributed by atoms with Crippen LogP contribution < -0.4 is 5.32 Å². The second-order valence-corrected chi connectivity index (χ2v) is 5.77. The first kappa shape index (κ1) is 15.4. The smallest absolute Gasteiger partial charge is 0.287 e. The van der Waals surface area contributed by atoms with E-state index in [2.05, 4.69) is 27.3 Å². The lowest BCUT2D eigenvalue weighted by molar-refractivity contribution is -0.385. The summed E-state index contributed by atoms with van der Waals surface area (Å²) in [7, 11) is 0. The topological polar surface area (TPSA) is 71.3 Å². The average molecular weight is 312 g/mol. The predicted molar refractivity (Wildman–Crippen MR) is 89.4 cm³/mol. The van der Waals surface area contributed by atoms with Gasteiger partial charge in [0.25, 0.3) is 5.69 Å². The highest BCUT2D eigenvalue weighted by molar-refractivity contribution is 5.42. The average Bonchev–Trinajstić information content (AvgIpc) is 3.09. The second kappa shape index (κ2) is 7.19. The summed E-state index contributed by atoms with van der Waals surface area (Å²) in [6, 6.07) is 13.5. The van der Waals surface area contributed by atoms with Gasteiger partial charge in [-0.25, -0.2) is 4.98 Å². The summed E-state index contributed by atoms with van der Waals surface area (Å²) in [6.45, 7) is 3.15. The molecule has 2 aromatic rings. The van der Waals surface area contributed by atoms with Crippen molar-refractivity contribution in [2.24, 2.45) is 0 Å². The first-order valence-electron chi connectivity index (χ1n) is 7.86. The van der Waals surface area contributed by atoms with Crippen molar-refractivity contribution in [3.63, 3.8) is 0 Å². The molecule has 0 bridgehead atoms. The molecule has 1 N–H and O–H groups in total. The minimum atomic E-state index is -0.435. The third-order valence-corrected chi connectivity index (χ3v) is 4.12. The first-order valence-corrected chi connectivity index (χ1v) is 7.86. The van der Waals surface area contributed by atoms with Crippen LogP contribution in [-0.2, 0) is 0 Å². The zero-order valence-corrected chi connectivity index (χ0v) is 12.9. The van der Waals surface area contributed by atoms with Crippen LogP contribution in [0.2, 0.25) is 0 Å². The molecule has 0 unspecified atom stereocenters. The Morgan fingerprint density at radius 2 is 1.91 bits per heavy atom. The number of rotatable bonds is 6. The molecule has 1 aliphatic heterocycles. The monoisotopic (exact) mass is 312 g/mol. The lowest BCUT2D eigenvalue weighted by Crippen LogP contribution is -2.29. The minimum Gasteiger partial charge on any atom is -0.362 e. The summed E-state index contributed by atoms with van der Waals surface area (Å²) in [5.41, 5.74) is 1.20. The fourth-order valence-corrected chi connectivity index (χ4v) is 2.90. The van der Waals surface area contributed by atoms with Crippen molar-refractivity contribution in [3.05, 3.63) is 64.3 Å². The fraction of sp³-hybridized carbons (Fsp3) is 0.353. The molecular formula is C17H20N4O2. The summed E-state index contributed by atoms with van der Waals surface area (Å²) < 4.78 is 0.